The molecule has 0 saturated heterocycles. The summed E-state index contributed by atoms with van der Waals surface area (Å²) >= 11 is 36.7. The number of rotatable bonds is 24. The number of ether oxygens (including phenoxy) is 6. The number of hydrogen-bond donors (Lipinski definition) is 4. The van der Waals surface area contributed by atoms with E-state index in [0.29, 0.717) is 91.0 Å². The molecule has 6 aromatic rings. The van der Waals surface area contributed by atoms with Gasteiger partial charge in [0.25, 0.3) is 0 Å². The molecule has 0 spiro atoms. The minimum atomic E-state index is -2.98. The van der Waals surface area contributed by atoms with Gasteiger partial charge in [-0.05, 0) is 115 Å². The van der Waals surface area contributed by atoms with Gasteiger partial charge in [-0.3, -0.25) is 10.2 Å². The molecule has 0 radical (unpaired) electrons. The van der Waals surface area contributed by atoms with Crippen molar-refractivity contribution in [1.82, 2.24) is 4.98 Å². The Morgan fingerprint density at radius 1 is 0.469 bits per heavy atom. The number of aromatic nitrogens is 3. The molecule has 0 bridgehead atoms. The van der Waals surface area contributed by atoms with Crippen LogP contribution in [0.25, 0.3) is 0 Å². The molecule has 4 N–H and O–H groups in total. The van der Waals surface area contributed by atoms with Gasteiger partial charge in [-0.2, -0.15) is 26.3 Å². The van der Waals surface area contributed by atoms with Gasteiger partial charge in [0.15, 0.2) is 46.9 Å². The Hall–Kier alpha value is -5.09. The Morgan fingerprint density at radius 2 is 0.753 bits per heavy atom. The summed E-state index contributed by atoms with van der Waals surface area (Å²) in [4.78, 5) is 3.87. The lowest BCUT2D eigenvalue weighted by Crippen LogP contribution is -2.29. The Kier molecular flexibility index (Phi) is 24.5. The summed E-state index contributed by atoms with van der Waals surface area (Å²) in [5.74, 6) is 1.64. The van der Waals surface area contributed by atoms with E-state index >= 15 is 0 Å². The van der Waals surface area contributed by atoms with E-state index < -0.39 is 38.1 Å². The average Bonchev–Trinajstić information content (AvgIpc) is 4.27. The Balaban J connectivity index is 0.000000195. The van der Waals surface area contributed by atoms with E-state index in [-0.39, 0.29) is 71.2 Å². The zero-order chi connectivity index (χ0) is 57.8. The molecule has 0 aliphatic heterocycles. The third kappa shape index (κ3) is 20.3. The summed E-state index contributed by atoms with van der Waals surface area (Å²) < 4.78 is 108. The van der Waals surface area contributed by atoms with Crippen molar-refractivity contribution in [3.05, 3.63) is 155 Å². The smallest absolute Gasteiger partial charge is 0.387 e. The van der Waals surface area contributed by atoms with Gasteiger partial charge in [-0.1, -0.05) is 95.2 Å². The van der Waals surface area contributed by atoms with E-state index in [1.807, 2.05) is 0 Å². The van der Waals surface area contributed by atoms with Gasteiger partial charge >= 0.3 is 19.8 Å². The minimum absolute atomic E-state index is 0. The van der Waals surface area contributed by atoms with Crippen molar-refractivity contribution in [2.75, 3.05) is 19.8 Å². The van der Waals surface area contributed by atoms with Crippen LogP contribution >= 0.6 is 69.6 Å². The van der Waals surface area contributed by atoms with Crippen molar-refractivity contribution < 1.29 is 84.6 Å². The van der Waals surface area contributed by atoms with Crippen LogP contribution in [0.5, 0.6) is 34.5 Å². The lowest BCUT2D eigenvalue weighted by molar-refractivity contribution is -0.904. The first-order chi connectivity index (χ1) is 38.1. The van der Waals surface area contributed by atoms with Gasteiger partial charge in [0.1, 0.15) is 27.1 Å². The largest absolute Gasteiger partial charge is 0.489 e. The number of pyridine rings is 3. The fourth-order valence-corrected chi connectivity index (χ4v) is 9.59. The minimum Gasteiger partial charge on any atom is -0.489 e. The molecule has 0 amide bonds. The molecule has 3 heterocycles. The third-order valence-corrected chi connectivity index (χ3v) is 14.6. The van der Waals surface area contributed by atoms with E-state index in [1.165, 1.54) is 79.4 Å². The molecule has 3 atom stereocenters. The van der Waals surface area contributed by atoms with Crippen LogP contribution < -0.4 is 37.7 Å². The number of halogens is 12. The molecule has 25 heteroatoms. The van der Waals surface area contributed by atoms with Crippen LogP contribution in [0.4, 0.5) is 26.3 Å². The van der Waals surface area contributed by atoms with Crippen molar-refractivity contribution in [1.29, 1.82) is 0 Å². The van der Waals surface area contributed by atoms with Crippen molar-refractivity contribution in [2.24, 2.45) is 24.8 Å². The van der Waals surface area contributed by atoms with Crippen LogP contribution in [0.1, 0.15) is 97.6 Å². The fraction of sp³-hybridized carbons (Fsp3) is 0.411. The Bertz CT molecular complexity index is 2840. The van der Waals surface area contributed by atoms with Crippen LogP contribution in [0, 0.1) is 17.8 Å². The molecular weight excluding hydrogens is 1200 g/mol. The summed E-state index contributed by atoms with van der Waals surface area (Å²) in [5.41, 5.74) is 3.05. The van der Waals surface area contributed by atoms with Gasteiger partial charge in [0, 0.05) is 47.5 Å². The molecule has 3 aliphatic rings. The van der Waals surface area contributed by atoms with Gasteiger partial charge < -0.3 is 43.7 Å². The molecule has 3 saturated carbocycles. The van der Waals surface area contributed by atoms with Gasteiger partial charge in [0.05, 0.1) is 48.2 Å². The van der Waals surface area contributed by atoms with Crippen LogP contribution in [0.2, 0.25) is 30.1 Å². The summed E-state index contributed by atoms with van der Waals surface area (Å²) in [6.07, 6.45) is 12.6. The summed E-state index contributed by atoms with van der Waals surface area (Å²) in [6, 6.07) is 13.1. The molecule has 3 unspecified atom stereocenters. The molecule has 13 nitrogen and oxygen atoms in total. The maximum atomic E-state index is 12.6. The lowest BCUT2D eigenvalue weighted by atomic mass is 10.0. The second-order valence-corrected chi connectivity index (χ2v) is 21.6. The van der Waals surface area contributed by atoms with E-state index in [1.54, 1.807) is 24.0 Å². The molecule has 3 fully saturated rings. The summed E-state index contributed by atoms with van der Waals surface area (Å²) in [5, 5.41) is 43.0. The van der Waals surface area contributed by atoms with Crippen molar-refractivity contribution >= 4 is 69.6 Å². The molecule has 3 aromatic carbocycles. The summed E-state index contributed by atoms with van der Waals surface area (Å²) in [6.45, 7) is -7.61. The normalized spacial score (nSPS) is 14.9. The Morgan fingerprint density at radius 3 is 1.04 bits per heavy atom. The number of benzene rings is 3. The summed E-state index contributed by atoms with van der Waals surface area (Å²) in [7, 11) is 1.79. The third-order valence-electron chi connectivity index (χ3n) is 12.6. The first-order valence-electron chi connectivity index (χ1n) is 25.0. The average molecular weight is 1260 g/mol. The highest BCUT2D eigenvalue weighted by atomic mass is 35.5. The topological polar surface area (TPSA) is 157 Å². The molecule has 9 rings (SSSR count). The Labute approximate surface area is 494 Å². The van der Waals surface area contributed by atoms with Crippen molar-refractivity contribution in [3.8, 4) is 34.5 Å². The predicted octanol–water partition coefficient (Wildman–Crippen LogP) is 14.4. The van der Waals surface area contributed by atoms with Crippen LogP contribution in [-0.2, 0) is 26.3 Å². The molecule has 440 valence electrons. The standard InChI is InChI=1S/C19H20Cl2F2NO3.C18H18Cl2F2NO4.C18H17Cl2F2NO3.CH4/c1-24-8-14(20)13(15(21)9-24)7-16(25)12-4-5-17(27-19(22)23)18(6-12)26-10-11-2-3-11;19-13-7-23(25)8-14(20)12(13)6-15(24)11-3-4-16(27-18(21)22)17(5-11)26-9-10-1-2-10;19-13-7-23-8-14(20)12(13)6-15(24)11-3-4-16(26-18(21)22)17(5-11)25-9-10-1-2-10;/h4-6,8-9,11,16,19,25H,2-3,7,10H2,1H3;3-5,7-8,10,15,18,24-25H,1-2,6,9H2;3-5,7-8,10,15,18,24H,1-2,6,9H2;1H4/q2*+1;;. The highest BCUT2D eigenvalue weighted by Crippen LogP contribution is 2.40. The second-order valence-electron chi connectivity index (χ2n) is 19.2. The van der Waals surface area contributed by atoms with E-state index in [9.17, 15) is 46.9 Å². The molecule has 3 aromatic heterocycles. The first-order valence-corrected chi connectivity index (χ1v) is 27.3. The molecule has 3 aliphatic carbocycles. The highest BCUT2D eigenvalue weighted by molar-refractivity contribution is 6.36. The first kappa shape index (κ1) is 65.1. The van der Waals surface area contributed by atoms with Crippen LogP contribution in [-0.4, -0.2) is 65.2 Å². The van der Waals surface area contributed by atoms with Gasteiger partial charge in [-0.25, -0.2) is 4.57 Å². The zero-order valence-corrected chi connectivity index (χ0v) is 47.0. The number of hydrogen-bond acceptors (Lipinski definition) is 11. The zero-order valence-electron chi connectivity index (χ0n) is 42.5. The lowest BCUT2D eigenvalue weighted by Gasteiger charge is -2.17. The molecular formula is C56H59Cl6F6N3O10+2. The maximum Gasteiger partial charge on any atom is 0.387 e. The van der Waals surface area contributed by atoms with Crippen LogP contribution in [0.3, 0.4) is 0 Å². The number of aliphatic hydroxyl groups is 3. The second kappa shape index (κ2) is 30.5. The van der Waals surface area contributed by atoms with Gasteiger partial charge in [0.2, 0.25) is 12.4 Å². The number of aliphatic hydroxyl groups excluding tert-OH is 3. The van der Waals surface area contributed by atoms with Crippen LogP contribution in [0.15, 0.2) is 91.8 Å². The quantitative estimate of drug-likeness (QED) is 0.0260. The van der Waals surface area contributed by atoms with Gasteiger partial charge in [-0.15, -0.1) is 0 Å². The maximum absolute atomic E-state index is 12.6. The molecule has 81 heavy (non-hydrogen) atoms. The number of aryl methyl sites for hydroxylation is 1. The van der Waals surface area contributed by atoms with E-state index in [0.717, 1.165) is 43.3 Å². The monoisotopic (exact) mass is 1260 g/mol. The SMILES string of the molecule is C.C[n+]1cc(Cl)c(CC(O)c2ccc(OC(F)F)c(OCC3CC3)c2)c(Cl)c1.OC(Cc1c(Cl)c[n+](O)cc1Cl)c1ccc(OC(F)F)c(OCC2CC2)c1.OC(Cc1c(Cl)cncc1Cl)c1ccc(OC(F)F)c(OCC2CC2)c1. The van der Waals surface area contributed by atoms with Crippen molar-refractivity contribution in [2.45, 2.75) is 103 Å². The van der Waals surface area contributed by atoms with E-state index in [4.69, 9.17) is 83.8 Å². The number of alkyl halides is 6. The highest BCUT2D eigenvalue weighted by Gasteiger charge is 2.28. The van der Waals surface area contributed by atoms with Crippen molar-refractivity contribution in [3.63, 3.8) is 0 Å². The van der Waals surface area contributed by atoms with E-state index in [2.05, 4.69) is 19.2 Å². The number of nitrogens with zero attached hydrogens (tertiary/aromatic N) is 3. The fourth-order valence-electron chi connectivity index (χ4n) is 7.75. The predicted molar refractivity (Wildman–Crippen MR) is 292 cm³/mol.